The Morgan fingerprint density at radius 2 is 2.25 bits per heavy atom. The van der Waals surface area contributed by atoms with Gasteiger partial charge in [0.25, 0.3) is 0 Å². The van der Waals surface area contributed by atoms with Crippen molar-refractivity contribution in [3.8, 4) is 0 Å². The number of hydrogen-bond acceptors (Lipinski definition) is 1. The van der Waals surface area contributed by atoms with Crippen molar-refractivity contribution in [1.29, 1.82) is 0 Å². The number of nitrogen functional groups attached to an aromatic ring is 1. The average Bonchev–Trinajstić information content (AvgIpc) is 2.08. The summed E-state index contributed by atoms with van der Waals surface area (Å²) in [5.74, 6) is -0.0207. The van der Waals surface area contributed by atoms with Gasteiger partial charge < -0.3 is 5.73 Å². The molecule has 0 aliphatic heterocycles. The molecule has 1 rings (SSSR count). The van der Waals surface area contributed by atoms with Crippen molar-refractivity contribution in [2.75, 3.05) is 11.6 Å². The molecule has 0 unspecified atom stereocenters. The van der Waals surface area contributed by atoms with Crippen LogP contribution in [-0.2, 0) is 0 Å². The van der Waals surface area contributed by atoms with Crippen LogP contribution in [0.5, 0.6) is 0 Å². The van der Waals surface area contributed by atoms with E-state index in [9.17, 15) is 4.39 Å². The molecule has 0 bridgehead atoms. The number of benzene rings is 1. The lowest BCUT2D eigenvalue weighted by Gasteiger charge is -1.98. The third-order valence-corrected chi connectivity index (χ3v) is 1.62. The van der Waals surface area contributed by atoms with Crippen molar-refractivity contribution in [2.45, 2.75) is 0 Å². The highest BCUT2D eigenvalue weighted by molar-refractivity contribution is 6.19. The van der Waals surface area contributed by atoms with Crippen LogP contribution in [0.25, 0.3) is 6.08 Å². The van der Waals surface area contributed by atoms with Gasteiger partial charge in [0.05, 0.1) is 5.69 Å². The van der Waals surface area contributed by atoms with Gasteiger partial charge in [-0.15, -0.1) is 11.6 Å². The largest absolute Gasteiger partial charge is 0.396 e. The van der Waals surface area contributed by atoms with Crippen LogP contribution in [0.4, 0.5) is 10.1 Å². The molecule has 12 heavy (non-hydrogen) atoms. The van der Waals surface area contributed by atoms with E-state index >= 15 is 0 Å². The Bertz CT molecular complexity index is 297. The molecule has 0 heterocycles. The van der Waals surface area contributed by atoms with Crippen molar-refractivity contribution in [3.05, 3.63) is 35.7 Å². The second-order valence-corrected chi connectivity index (χ2v) is 2.62. The number of anilines is 1. The zero-order valence-electron chi connectivity index (χ0n) is 6.43. The van der Waals surface area contributed by atoms with Gasteiger partial charge in [-0.1, -0.05) is 24.3 Å². The van der Waals surface area contributed by atoms with Gasteiger partial charge in [-0.05, 0) is 6.07 Å². The van der Waals surface area contributed by atoms with E-state index in [1.165, 1.54) is 6.07 Å². The molecule has 0 saturated carbocycles. The van der Waals surface area contributed by atoms with E-state index in [2.05, 4.69) is 0 Å². The van der Waals surface area contributed by atoms with Gasteiger partial charge in [0.15, 0.2) is 5.82 Å². The van der Waals surface area contributed by atoms with Crippen LogP contribution in [-0.4, -0.2) is 5.88 Å². The van der Waals surface area contributed by atoms with Crippen molar-refractivity contribution in [3.63, 3.8) is 0 Å². The molecule has 0 aliphatic carbocycles. The van der Waals surface area contributed by atoms with Crippen molar-refractivity contribution < 1.29 is 4.39 Å². The maximum atomic E-state index is 13.1. The van der Waals surface area contributed by atoms with Gasteiger partial charge >= 0.3 is 0 Å². The van der Waals surface area contributed by atoms with E-state index in [1.807, 2.05) is 0 Å². The predicted molar refractivity (Wildman–Crippen MR) is 50.6 cm³/mol. The first-order valence-electron chi connectivity index (χ1n) is 3.52. The molecule has 1 aromatic carbocycles. The molecule has 1 aromatic rings. The van der Waals surface area contributed by atoms with Crippen LogP contribution in [0.2, 0.25) is 0 Å². The summed E-state index contributed by atoms with van der Waals surface area (Å²) in [5.41, 5.74) is 5.98. The summed E-state index contributed by atoms with van der Waals surface area (Å²) in [7, 11) is 0. The van der Waals surface area contributed by atoms with Gasteiger partial charge in [0.2, 0.25) is 0 Å². The van der Waals surface area contributed by atoms with E-state index < -0.39 is 0 Å². The second-order valence-electron chi connectivity index (χ2n) is 2.31. The molecule has 0 aliphatic rings. The first kappa shape index (κ1) is 9.07. The van der Waals surface area contributed by atoms with Crippen LogP contribution in [0.3, 0.4) is 0 Å². The number of halogens is 2. The maximum absolute atomic E-state index is 13.1. The SMILES string of the molecule is Nc1cccc(C=CCCl)c1F. The Hall–Kier alpha value is -1.02. The Kier molecular flexibility index (Phi) is 3.11. The molecular formula is C9H9ClFN. The predicted octanol–water partition coefficient (Wildman–Crippen LogP) is 2.66. The van der Waals surface area contributed by atoms with Crippen LogP contribution >= 0.6 is 11.6 Å². The molecule has 0 saturated heterocycles. The maximum Gasteiger partial charge on any atom is 0.153 e. The number of hydrogen-bond donors (Lipinski definition) is 1. The normalized spacial score (nSPS) is 10.8. The monoisotopic (exact) mass is 185 g/mol. The average molecular weight is 186 g/mol. The Labute approximate surface area is 75.6 Å². The van der Waals surface area contributed by atoms with E-state index in [4.69, 9.17) is 17.3 Å². The minimum atomic E-state index is -0.390. The van der Waals surface area contributed by atoms with Crippen molar-refractivity contribution in [1.82, 2.24) is 0 Å². The summed E-state index contributed by atoms with van der Waals surface area (Å²) in [6.45, 7) is 0. The van der Waals surface area contributed by atoms with Gasteiger partial charge in [-0.25, -0.2) is 4.39 Å². The topological polar surface area (TPSA) is 26.0 Å². The number of nitrogens with two attached hydrogens (primary N) is 1. The fourth-order valence-corrected chi connectivity index (χ4v) is 0.958. The third kappa shape index (κ3) is 1.98. The Balaban J connectivity index is 3.00. The third-order valence-electron chi connectivity index (χ3n) is 1.44. The number of rotatable bonds is 2. The highest BCUT2D eigenvalue weighted by Gasteiger charge is 2.00. The Morgan fingerprint density at radius 1 is 1.50 bits per heavy atom. The van der Waals surface area contributed by atoms with Crippen LogP contribution in [0.1, 0.15) is 5.56 Å². The van der Waals surface area contributed by atoms with Crippen LogP contribution in [0, 0.1) is 5.82 Å². The number of alkyl halides is 1. The standard InChI is InChI=1S/C9H9ClFN/c10-6-2-4-7-3-1-5-8(12)9(7)11/h1-5H,6,12H2. The molecule has 64 valence electrons. The zero-order valence-corrected chi connectivity index (χ0v) is 7.18. The molecule has 3 heteroatoms. The lowest BCUT2D eigenvalue weighted by atomic mass is 10.2. The molecule has 0 fully saturated rings. The highest BCUT2D eigenvalue weighted by Crippen LogP contribution is 2.15. The second kappa shape index (κ2) is 4.12. The fourth-order valence-electron chi connectivity index (χ4n) is 0.869. The minimum Gasteiger partial charge on any atom is -0.396 e. The quantitative estimate of drug-likeness (QED) is 0.557. The lowest BCUT2D eigenvalue weighted by Crippen LogP contribution is -1.92. The van der Waals surface area contributed by atoms with E-state index in [0.29, 0.717) is 11.4 Å². The Morgan fingerprint density at radius 3 is 2.92 bits per heavy atom. The molecule has 0 aromatic heterocycles. The van der Waals surface area contributed by atoms with E-state index in [-0.39, 0.29) is 11.5 Å². The highest BCUT2D eigenvalue weighted by atomic mass is 35.5. The molecular weight excluding hydrogens is 177 g/mol. The zero-order chi connectivity index (χ0) is 8.97. The number of allylic oxidation sites excluding steroid dienone is 1. The summed E-state index contributed by atoms with van der Waals surface area (Å²) in [5, 5.41) is 0. The summed E-state index contributed by atoms with van der Waals surface area (Å²) in [6.07, 6.45) is 3.28. The summed E-state index contributed by atoms with van der Waals surface area (Å²) in [6, 6.07) is 4.87. The van der Waals surface area contributed by atoms with Crippen molar-refractivity contribution >= 4 is 23.4 Å². The van der Waals surface area contributed by atoms with E-state index in [0.717, 1.165) is 0 Å². The van der Waals surface area contributed by atoms with Crippen LogP contribution in [0.15, 0.2) is 24.3 Å². The van der Waals surface area contributed by atoms with Gasteiger partial charge in [0, 0.05) is 11.4 Å². The van der Waals surface area contributed by atoms with Crippen LogP contribution < -0.4 is 5.73 Å². The summed E-state index contributed by atoms with van der Waals surface area (Å²) < 4.78 is 13.1. The molecule has 1 nitrogen and oxygen atoms in total. The molecule has 2 N–H and O–H groups in total. The smallest absolute Gasteiger partial charge is 0.153 e. The molecule has 0 amide bonds. The molecule has 0 radical (unpaired) electrons. The van der Waals surface area contributed by atoms with E-state index in [1.54, 1.807) is 24.3 Å². The van der Waals surface area contributed by atoms with Gasteiger partial charge in [0.1, 0.15) is 0 Å². The lowest BCUT2D eigenvalue weighted by molar-refractivity contribution is 0.630. The first-order chi connectivity index (χ1) is 5.75. The minimum absolute atomic E-state index is 0.159. The summed E-state index contributed by atoms with van der Waals surface area (Å²) >= 11 is 5.40. The fraction of sp³-hybridized carbons (Fsp3) is 0.111. The van der Waals surface area contributed by atoms with Crippen molar-refractivity contribution in [2.24, 2.45) is 0 Å². The van der Waals surface area contributed by atoms with Gasteiger partial charge in [-0.2, -0.15) is 0 Å². The van der Waals surface area contributed by atoms with Gasteiger partial charge in [-0.3, -0.25) is 0 Å². The molecule has 0 atom stereocenters. The summed E-state index contributed by atoms with van der Waals surface area (Å²) in [4.78, 5) is 0. The molecule has 0 spiro atoms. The first-order valence-corrected chi connectivity index (χ1v) is 4.05.